The lowest BCUT2D eigenvalue weighted by atomic mass is 10.1. The summed E-state index contributed by atoms with van der Waals surface area (Å²) in [7, 11) is 0. The SMILES string of the molecule is CC1CNCC(c2cn[nH]c2)O1. The van der Waals surface area contributed by atoms with Crippen LogP contribution < -0.4 is 5.32 Å². The quantitative estimate of drug-likeness (QED) is 0.638. The number of nitrogens with zero attached hydrogens (tertiary/aromatic N) is 1. The third-order valence-corrected chi connectivity index (χ3v) is 2.05. The number of aromatic amines is 1. The van der Waals surface area contributed by atoms with Crippen molar-refractivity contribution in [3.05, 3.63) is 18.0 Å². The summed E-state index contributed by atoms with van der Waals surface area (Å²) in [5, 5.41) is 9.98. The van der Waals surface area contributed by atoms with Crippen LogP contribution in [0.5, 0.6) is 0 Å². The van der Waals surface area contributed by atoms with E-state index in [1.807, 2.05) is 12.4 Å². The molecule has 0 spiro atoms. The molecule has 12 heavy (non-hydrogen) atoms. The van der Waals surface area contributed by atoms with Crippen LogP contribution >= 0.6 is 0 Å². The Morgan fingerprint density at radius 2 is 2.50 bits per heavy atom. The van der Waals surface area contributed by atoms with Gasteiger partial charge in [0.05, 0.1) is 18.4 Å². The average Bonchev–Trinajstić information content (AvgIpc) is 2.56. The van der Waals surface area contributed by atoms with Gasteiger partial charge in [-0.15, -0.1) is 0 Å². The molecule has 1 aliphatic heterocycles. The molecule has 2 rings (SSSR count). The Hall–Kier alpha value is -0.870. The van der Waals surface area contributed by atoms with E-state index in [1.54, 1.807) is 0 Å². The Bertz CT molecular complexity index is 234. The second kappa shape index (κ2) is 3.25. The van der Waals surface area contributed by atoms with Crippen molar-refractivity contribution < 1.29 is 4.74 Å². The van der Waals surface area contributed by atoms with Crippen LogP contribution in [0.1, 0.15) is 18.6 Å². The minimum absolute atomic E-state index is 0.160. The first-order valence-electron chi connectivity index (χ1n) is 4.21. The number of ether oxygens (including phenoxy) is 1. The van der Waals surface area contributed by atoms with Crippen molar-refractivity contribution >= 4 is 0 Å². The van der Waals surface area contributed by atoms with Crippen molar-refractivity contribution in [1.82, 2.24) is 15.5 Å². The van der Waals surface area contributed by atoms with Gasteiger partial charge in [0.25, 0.3) is 0 Å². The van der Waals surface area contributed by atoms with Crippen LogP contribution in [0.25, 0.3) is 0 Å². The molecule has 1 aliphatic rings. The highest BCUT2D eigenvalue weighted by atomic mass is 16.5. The highest BCUT2D eigenvalue weighted by Crippen LogP contribution is 2.19. The van der Waals surface area contributed by atoms with Gasteiger partial charge in [-0.3, -0.25) is 5.10 Å². The van der Waals surface area contributed by atoms with E-state index in [4.69, 9.17) is 4.74 Å². The average molecular weight is 167 g/mol. The molecule has 0 aromatic carbocycles. The third kappa shape index (κ3) is 1.49. The molecule has 1 aromatic rings. The van der Waals surface area contributed by atoms with Crippen LogP contribution in [0.4, 0.5) is 0 Å². The largest absolute Gasteiger partial charge is 0.368 e. The summed E-state index contributed by atoms with van der Waals surface area (Å²) >= 11 is 0. The van der Waals surface area contributed by atoms with E-state index >= 15 is 0 Å². The minimum atomic E-state index is 0.160. The Balaban J connectivity index is 2.04. The lowest BCUT2D eigenvalue weighted by molar-refractivity contribution is -0.0287. The highest BCUT2D eigenvalue weighted by Gasteiger charge is 2.20. The molecule has 2 heterocycles. The molecule has 2 unspecified atom stereocenters. The summed E-state index contributed by atoms with van der Waals surface area (Å²) in [6.07, 6.45) is 4.14. The van der Waals surface area contributed by atoms with E-state index in [2.05, 4.69) is 22.4 Å². The van der Waals surface area contributed by atoms with Gasteiger partial charge in [-0.25, -0.2) is 0 Å². The van der Waals surface area contributed by atoms with Crippen LogP contribution in [0.15, 0.2) is 12.4 Å². The normalized spacial score (nSPS) is 30.4. The first-order chi connectivity index (χ1) is 5.86. The number of rotatable bonds is 1. The van der Waals surface area contributed by atoms with Gasteiger partial charge in [-0.05, 0) is 6.92 Å². The number of aromatic nitrogens is 2. The van der Waals surface area contributed by atoms with Gasteiger partial charge in [0.1, 0.15) is 0 Å². The van der Waals surface area contributed by atoms with Crippen LogP contribution in [-0.2, 0) is 4.74 Å². The fourth-order valence-corrected chi connectivity index (χ4v) is 1.43. The molecule has 66 valence electrons. The fraction of sp³-hybridized carbons (Fsp3) is 0.625. The predicted octanol–water partition coefficient (Wildman–Crippen LogP) is 0.459. The first-order valence-corrected chi connectivity index (χ1v) is 4.21. The maximum atomic E-state index is 5.71. The molecule has 2 atom stereocenters. The van der Waals surface area contributed by atoms with E-state index in [-0.39, 0.29) is 6.10 Å². The minimum Gasteiger partial charge on any atom is -0.368 e. The van der Waals surface area contributed by atoms with Crippen LogP contribution in [-0.4, -0.2) is 29.4 Å². The summed E-state index contributed by atoms with van der Waals surface area (Å²) in [5.74, 6) is 0. The highest BCUT2D eigenvalue weighted by molar-refractivity contribution is 5.08. The van der Waals surface area contributed by atoms with Crippen LogP contribution in [0.2, 0.25) is 0 Å². The number of hydrogen-bond donors (Lipinski definition) is 2. The molecule has 0 amide bonds. The van der Waals surface area contributed by atoms with Crippen molar-refractivity contribution in [2.45, 2.75) is 19.1 Å². The monoisotopic (exact) mass is 167 g/mol. The molecule has 2 N–H and O–H groups in total. The number of H-pyrrole nitrogens is 1. The standard InChI is InChI=1S/C8H13N3O/c1-6-2-9-5-8(12-6)7-3-10-11-4-7/h3-4,6,8-9H,2,5H2,1H3,(H,10,11). The van der Waals surface area contributed by atoms with Crippen molar-refractivity contribution in [2.24, 2.45) is 0 Å². The van der Waals surface area contributed by atoms with E-state index in [1.165, 1.54) is 0 Å². The Morgan fingerprint density at radius 3 is 3.17 bits per heavy atom. The Morgan fingerprint density at radius 1 is 1.58 bits per heavy atom. The summed E-state index contributed by atoms with van der Waals surface area (Å²) in [6.45, 7) is 3.89. The molecule has 4 nitrogen and oxygen atoms in total. The molecule has 1 fully saturated rings. The van der Waals surface area contributed by atoms with Crippen molar-refractivity contribution in [3.8, 4) is 0 Å². The lowest BCUT2D eigenvalue weighted by Gasteiger charge is -2.27. The zero-order chi connectivity index (χ0) is 8.39. The zero-order valence-electron chi connectivity index (χ0n) is 7.08. The van der Waals surface area contributed by atoms with Crippen molar-refractivity contribution in [1.29, 1.82) is 0 Å². The lowest BCUT2D eigenvalue weighted by Crippen LogP contribution is -2.38. The molecular formula is C8H13N3O. The number of morpholine rings is 1. The smallest absolute Gasteiger partial charge is 0.0983 e. The summed E-state index contributed by atoms with van der Waals surface area (Å²) in [5.41, 5.74) is 1.12. The van der Waals surface area contributed by atoms with E-state index in [0.717, 1.165) is 18.7 Å². The summed E-state index contributed by atoms with van der Waals surface area (Å²) < 4.78 is 5.71. The third-order valence-electron chi connectivity index (χ3n) is 2.05. The fourth-order valence-electron chi connectivity index (χ4n) is 1.43. The van der Waals surface area contributed by atoms with Gasteiger partial charge in [0.2, 0.25) is 0 Å². The molecule has 0 aliphatic carbocycles. The van der Waals surface area contributed by atoms with Gasteiger partial charge in [0.15, 0.2) is 0 Å². The molecule has 1 aromatic heterocycles. The van der Waals surface area contributed by atoms with Crippen LogP contribution in [0, 0.1) is 0 Å². The maximum absolute atomic E-state index is 5.71. The van der Waals surface area contributed by atoms with E-state index < -0.39 is 0 Å². The van der Waals surface area contributed by atoms with Crippen molar-refractivity contribution in [3.63, 3.8) is 0 Å². The molecule has 4 heteroatoms. The second-order valence-electron chi connectivity index (χ2n) is 3.13. The van der Waals surface area contributed by atoms with Crippen molar-refractivity contribution in [2.75, 3.05) is 13.1 Å². The molecule has 1 saturated heterocycles. The van der Waals surface area contributed by atoms with Gasteiger partial charge >= 0.3 is 0 Å². The molecule has 0 radical (unpaired) electrons. The summed E-state index contributed by atoms with van der Waals surface area (Å²) in [4.78, 5) is 0. The Labute approximate surface area is 71.3 Å². The molecular weight excluding hydrogens is 154 g/mol. The van der Waals surface area contributed by atoms with Gasteiger partial charge in [0, 0.05) is 24.8 Å². The van der Waals surface area contributed by atoms with Gasteiger partial charge < -0.3 is 10.1 Å². The predicted molar refractivity (Wildman–Crippen MR) is 44.7 cm³/mol. The van der Waals surface area contributed by atoms with Gasteiger partial charge in [-0.2, -0.15) is 5.10 Å². The molecule has 0 bridgehead atoms. The van der Waals surface area contributed by atoms with Gasteiger partial charge in [-0.1, -0.05) is 0 Å². The van der Waals surface area contributed by atoms with E-state index in [0.29, 0.717) is 6.10 Å². The topological polar surface area (TPSA) is 49.9 Å². The Kier molecular flexibility index (Phi) is 2.10. The second-order valence-corrected chi connectivity index (χ2v) is 3.13. The molecule has 0 saturated carbocycles. The van der Waals surface area contributed by atoms with Crippen LogP contribution in [0.3, 0.4) is 0 Å². The number of nitrogens with one attached hydrogen (secondary N) is 2. The zero-order valence-corrected chi connectivity index (χ0v) is 7.08. The first kappa shape index (κ1) is 7.76. The maximum Gasteiger partial charge on any atom is 0.0983 e. The number of hydrogen-bond acceptors (Lipinski definition) is 3. The summed E-state index contributed by atoms with van der Waals surface area (Å²) in [6, 6.07) is 0. The van der Waals surface area contributed by atoms with E-state index in [9.17, 15) is 0 Å².